The van der Waals surface area contributed by atoms with E-state index >= 15 is 0 Å². The second-order valence-corrected chi connectivity index (χ2v) is 6.92. The molecule has 102 valence electrons. The second-order valence-electron chi connectivity index (χ2n) is 4.73. The van der Waals surface area contributed by atoms with Crippen molar-refractivity contribution in [1.29, 1.82) is 0 Å². The van der Waals surface area contributed by atoms with E-state index in [4.69, 9.17) is 11.6 Å². The van der Waals surface area contributed by atoms with Crippen LogP contribution in [0, 0.1) is 0 Å². The van der Waals surface area contributed by atoms with E-state index in [0.717, 1.165) is 0 Å². The van der Waals surface area contributed by atoms with E-state index in [1.165, 1.54) is 4.90 Å². The van der Waals surface area contributed by atoms with Gasteiger partial charge in [0.25, 0.3) is 11.8 Å². The quantitative estimate of drug-likeness (QED) is 0.619. The Labute approximate surface area is 122 Å². The largest absolute Gasteiger partial charge is 0.273 e. The molecular weight excluding hydrogens is 282 g/mol. The molecule has 1 atom stereocenters. The van der Waals surface area contributed by atoms with Gasteiger partial charge in [0.1, 0.15) is 0 Å². The summed E-state index contributed by atoms with van der Waals surface area (Å²) in [6.07, 6.45) is 0. The number of imide groups is 1. The van der Waals surface area contributed by atoms with Gasteiger partial charge in [0.2, 0.25) is 0 Å². The Balaban J connectivity index is 2.15. The molecule has 0 radical (unpaired) electrons. The molecule has 1 aliphatic rings. The highest BCUT2D eigenvalue weighted by Crippen LogP contribution is 2.26. The van der Waals surface area contributed by atoms with Crippen molar-refractivity contribution in [3.8, 4) is 0 Å². The van der Waals surface area contributed by atoms with E-state index in [-0.39, 0.29) is 17.1 Å². The van der Waals surface area contributed by atoms with Crippen LogP contribution in [0.2, 0.25) is 0 Å². The van der Waals surface area contributed by atoms with Crippen LogP contribution in [0.25, 0.3) is 0 Å². The Bertz CT molecular complexity index is 469. The van der Waals surface area contributed by atoms with E-state index in [1.807, 2.05) is 0 Å². The molecule has 3 nitrogen and oxygen atoms in total. The molecule has 2 rings (SSSR count). The highest BCUT2D eigenvalue weighted by Gasteiger charge is 2.36. The molecule has 1 aromatic carbocycles. The first-order valence-corrected chi connectivity index (χ1v) is 7.69. The number of nitrogens with zero attached hydrogens (tertiary/aromatic N) is 1. The number of thioether (sulfide) groups is 1. The second kappa shape index (κ2) is 5.97. The number of benzene rings is 1. The summed E-state index contributed by atoms with van der Waals surface area (Å²) >= 11 is 7.62. The normalized spacial score (nSPS) is 16.1. The maximum atomic E-state index is 12.2. The molecule has 0 N–H and O–H groups in total. The van der Waals surface area contributed by atoms with Crippen LogP contribution < -0.4 is 0 Å². The fraction of sp³-hybridized carbons (Fsp3) is 0.429. The molecule has 0 bridgehead atoms. The molecule has 19 heavy (non-hydrogen) atoms. The molecule has 0 aliphatic carbocycles. The Hall–Kier alpha value is -1.00. The topological polar surface area (TPSA) is 37.4 Å². The Kier molecular flexibility index (Phi) is 4.53. The number of carbonyl (C=O) groups excluding carboxylic acids is 2. The summed E-state index contributed by atoms with van der Waals surface area (Å²) in [6, 6.07) is 6.94. The lowest BCUT2D eigenvalue weighted by Crippen LogP contribution is -2.36. The van der Waals surface area contributed by atoms with Gasteiger partial charge in [0.05, 0.1) is 11.1 Å². The Morgan fingerprint density at radius 1 is 1.16 bits per heavy atom. The molecular formula is C14H16ClNO2S. The lowest BCUT2D eigenvalue weighted by molar-refractivity contribution is 0.0656. The predicted octanol–water partition coefficient (Wildman–Crippen LogP) is 3.03. The van der Waals surface area contributed by atoms with Gasteiger partial charge in [-0.25, -0.2) is 0 Å². The molecule has 1 aromatic rings. The summed E-state index contributed by atoms with van der Waals surface area (Å²) in [6.45, 7) is 4.53. The smallest absolute Gasteiger partial charge is 0.261 e. The van der Waals surface area contributed by atoms with Crippen molar-refractivity contribution in [1.82, 2.24) is 4.90 Å². The summed E-state index contributed by atoms with van der Waals surface area (Å²) in [4.78, 5) is 25.7. The Morgan fingerprint density at radius 2 is 1.68 bits per heavy atom. The Morgan fingerprint density at radius 3 is 2.11 bits per heavy atom. The van der Waals surface area contributed by atoms with E-state index < -0.39 is 0 Å². The predicted molar refractivity (Wildman–Crippen MR) is 79.0 cm³/mol. The number of carbonyl (C=O) groups is 2. The molecule has 0 fully saturated rings. The fourth-order valence-corrected chi connectivity index (χ4v) is 3.52. The standard InChI is InChI=1S/C14H16ClNO2S/c1-9(2)19-10(7-15)8-16-13(17)11-5-3-4-6-12(11)14(16)18/h3-6,9-10H,7-8H2,1-2H3. The molecule has 0 saturated heterocycles. The molecule has 2 amide bonds. The van der Waals surface area contributed by atoms with E-state index in [2.05, 4.69) is 13.8 Å². The third-order valence-corrected chi connectivity index (χ3v) is 4.70. The first-order chi connectivity index (χ1) is 9.04. The van der Waals surface area contributed by atoms with Crippen LogP contribution in [-0.4, -0.2) is 39.6 Å². The lowest BCUT2D eigenvalue weighted by Gasteiger charge is -2.21. The van der Waals surface area contributed by atoms with Gasteiger partial charge in [-0.1, -0.05) is 26.0 Å². The third-order valence-electron chi connectivity index (χ3n) is 2.90. The molecule has 5 heteroatoms. The number of amides is 2. The minimum Gasteiger partial charge on any atom is -0.273 e. The van der Waals surface area contributed by atoms with Gasteiger partial charge in [0.15, 0.2) is 0 Å². The summed E-state index contributed by atoms with van der Waals surface area (Å²) in [5.74, 6) is 0.0103. The molecule has 0 aromatic heterocycles. The maximum absolute atomic E-state index is 12.2. The highest BCUT2D eigenvalue weighted by molar-refractivity contribution is 8.00. The van der Waals surface area contributed by atoms with Crippen LogP contribution in [-0.2, 0) is 0 Å². The zero-order chi connectivity index (χ0) is 14.0. The molecule has 1 aliphatic heterocycles. The summed E-state index contributed by atoms with van der Waals surface area (Å²) in [5.41, 5.74) is 0.991. The number of halogens is 1. The van der Waals surface area contributed by atoms with Crippen LogP contribution >= 0.6 is 23.4 Å². The lowest BCUT2D eigenvalue weighted by atomic mass is 10.1. The van der Waals surface area contributed by atoms with Crippen LogP contribution in [0.15, 0.2) is 24.3 Å². The van der Waals surface area contributed by atoms with E-state index in [1.54, 1.807) is 36.0 Å². The number of alkyl halides is 1. The van der Waals surface area contributed by atoms with Crippen LogP contribution in [0.5, 0.6) is 0 Å². The van der Waals surface area contributed by atoms with Gasteiger partial charge in [-0.15, -0.1) is 11.6 Å². The first-order valence-electron chi connectivity index (χ1n) is 6.21. The monoisotopic (exact) mass is 297 g/mol. The fourth-order valence-electron chi connectivity index (χ4n) is 2.12. The van der Waals surface area contributed by atoms with Gasteiger partial charge < -0.3 is 0 Å². The maximum Gasteiger partial charge on any atom is 0.261 e. The van der Waals surface area contributed by atoms with Crippen LogP contribution in [0.1, 0.15) is 34.6 Å². The van der Waals surface area contributed by atoms with Crippen molar-refractivity contribution < 1.29 is 9.59 Å². The zero-order valence-electron chi connectivity index (χ0n) is 10.9. The van der Waals surface area contributed by atoms with Crippen molar-refractivity contribution in [2.75, 3.05) is 12.4 Å². The van der Waals surface area contributed by atoms with Crippen molar-refractivity contribution in [2.45, 2.75) is 24.3 Å². The average molecular weight is 298 g/mol. The average Bonchev–Trinajstić information content (AvgIpc) is 2.63. The van der Waals surface area contributed by atoms with Crippen molar-refractivity contribution in [2.24, 2.45) is 0 Å². The van der Waals surface area contributed by atoms with Crippen LogP contribution in [0.4, 0.5) is 0 Å². The molecule has 1 unspecified atom stereocenters. The third kappa shape index (κ3) is 2.95. The van der Waals surface area contributed by atoms with Gasteiger partial charge in [0, 0.05) is 17.7 Å². The van der Waals surface area contributed by atoms with Crippen LogP contribution in [0.3, 0.4) is 0 Å². The van der Waals surface area contributed by atoms with Crippen molar-refractivity contribution in [3.05, 3.63) is 35.4 Å². The molecule has 1 heterocycles. The summed E-state index contributed by atoms with van der Waals surface area (Å²) in [7, 11) is 0. The van der Waals surface area contributed by atoms with Gasteiger partial charge in [-0.2, -0.15) is 11.8 Å². The highest BCUT2D eigenvalue weighted by atomic mass is 35.5. The van der Waals surface area contributed by atoms with Crippen molar-refractivity contribution in [3.63, 3.8) is 0 Å². The summed E-state index contributed by atoms with van der Waals surface area (Å²) in [5, 5.41) is 0.489. The van der Waals surface area contributed by atoms with E-state index in [9.17, 15) is 9.59 Å². The first kappa shape index (κ1) is 14.4. The van der Waals surface area contributed by atoms with Crippen molar-refractivity contribution >= 4 is 35.2 Å². The number of hydrogen-bond acceptors (Lipinski definition) is 3. The van der Waals surface area contributed by atoms with Gasteiger partial charge in [-0.3, -0.25) is 14.5 Å². The SMILES string of the molecule is CC(C)SC(CCl)CN1C(=O)c2ccccc2C1=O. The van der Waals surface area contributed by atoms with Gasteiger partial charge in [-0.05, 0) is 17.4 Å². The minimum absolute atomic E-state index is 0.0730. The molecule has 0 spiro atoms. The number of fused-ring (bicyclic) bond motifs is 1. The number of hydrogen-bond donors (Lipinski definition) is 0. The molecule has 0 saturated carbocycles. The minimum atomic E-state index is -0.208. The number of rotatable bonds is 5. The van der Waals surface area contributed by atoms with E-state index in [0.29, 0.717) is 28.8 Å². The summed E-state index contributed by atoms with van der Waals surface area (Å²) < 4.78 is 0. The zero-order valence-corrected chi connectivity index (χ0v) is 12.5. The van der Waals surface area contributed by atoms with Gasteiger partial charge >= 0.3 is 0 Å².